The maximum atomic E-state index is 13.3. The molecular formula is C21H17BrF3N3OS. The Balaban J connectivity index is 1.84. The SMILES string of the molecule is O=C1CCCCC1Sc1nnc(-c2ccccc2Br)n1-c1cccc(C(F)(F)F)c1. The molecular weight excluding hydrogens is 479 g/mol. The van der Waals surface area contributed by atoms with Gasteiger partial charge >= 0.3 is 6.18 Å². The van der Waals surface area contributed by atoms with Crippen molar-refractivity contribution in [2.45, 2.75) is 42.3 Å². The highest BCUT2D eigenvalue weighted by atomic mass is 79.9. The summed E-state index contributed by atoms with van der Waals surface area (Å²) in [6, 6.07) is 12.4. The summed E-state index contributed by atoms with van der Waals surface area (Å²) in [5.41, 5.74) is 0.243. The molecule has 1 aliphatic rings. The molecule has 1 unspecified atom stereocenters. The molecule has 0 aliphatic heterocycles. The third-order valence-corrected chi connectivity index (χ3v) is 6.88. The summed E-state index contributed by atoms with van der Waals surface area (Å²) in [7, 11) is 0. The summed E-state index contributed by atoms with van der Waals surface area (Å²) in [6.45, 7) is 0. The highest BCUT2D eigenvalue weighted by molar-refractivity contribution is 9.10. The number of carbonyl (C=O) groups is 1. The van der Waals surface area contributed by atoms with Crippen LogP contribution < -0.4 is 0 Å². The van der Waals surface area contributed by atoms with Gasteiger partial charge in [0.1, 0.15) is 5.78 Å². The van der Waals surface area contributed by atoms with Crippen LogP contribution in [0.5, 0.6) is 0 Å². The van der Waals surface area contributed by atoms with Crippen molar-refractivity contribution >= 4 is 33.5 Å². The largest absolute Gasteiger partial charge is 0.416 e. The molecule has 0 saturated heterocycles. The zero-order chi connectivity index (χ0) is 21.3. The van der Waals surface area contributed by atoms with Crippen LogP contribution in [-0.4, -0.2) is 25.8 Å². The standard InChI is InChI=1S/C21H17BrF3N3OS/c22-16-9-2-1-8-15(16)19-26-27-20(30-18-11-4-3-10-17(18)29)28(19)14-7-5-6-13(12-14)21(23,24)25/h1-2,5-9,12,18H,3-4,10-11H2. The van der Waals surface area contributed by atoms with E-state index in [-0.39, 0.29) is 11.0 Å². The molecule has 4 nitrogen and oxygen atoms in total. The number of carbonyl (C=O) groups excluding carboxylic acids is 1. The van der Waals surface area contributed by atoms with Crippen molar-refractivity contribution in [3.63, 3.8) is 0 Å². The van der Waals surface area contributed by atoms with Crippen LogP contribution in [0.4, 0.5) is 13.2 Å². The van der Waals surface area contributed by atoms with Crippen molar-refractivity contribution in [1.82, 2.24) is 14.8 Å². The second kappa shape index (κ2) is 8.55. The van der Waals surface area contributed by atoms with Gasteiger partial charge in [-0.05, 0) is 37.1 Å². The van der Waals surface area contributed by atoms with Gasteiger partial charge in [-0.2, -0.15) is 13.2 Å². The third-order valence-electron chi connectivity index (χ3n) is 4.93. The van der Waals surface area contributed by atoms with E-state index in [0.29, 0.717) is 28.7 Å². The van der Waals surface area contributed by atoms with Gasteiger partial charge < -0.3 is 0 Å². The lowest BCUT2D eigenvalue weighted by atomic mass is 9.99. The first kappa shape index (κ1) is 21.1. The van der Waals surface area contributed by atoms with Crippen LogP contribution in [-0.2, 0) is 11.0 Å². The van der Waals surface area contributed by atoms with Gasteiger partial charge in [-0.25, -0.2) is 0 Å². The van der Waals surface area contributed by atoms with E-state index in [1.807, 2.05) is 24.3 Å². The predicted octanol–water partition coefficient (Wildman–Crippen LogP) is 6.32. The molecule has 0 radical (unpaired) electrons. The molecule has 4 rings (SSSR count). The summed E-state index contributed by atoms with van der Waals surface area (Å²) < 4.78 is 42.3. The Morgan fingerprint density at radius 2 is 1.87 bits per heavy atom. The number of ketones is 1. The van der Waals surface area contributed by atoms with Crippen LogP contribution in [0.25, 0.3) is 17.1 Å². The number of Topliss-reactive ketones (excluding diaryl/α,β-unsaturated/α-hetero) is 1. The quantitative estimate of drug-likeness (QED) is 0.424. The number of nitrogens with zero attached hydrogens (tertiary/aromatic N) is 3. The number of aromatic nitrogens is 3. The first-order valence-corrected chi connectivity index (χ1v) is 11.1. The lowest BCUT2D eigenvalue weighted by Gasteiger charge is -2.20. The molecule has 1 heterocycles. The fourth-order valence-corrected chi connectivity index (χ4v) is 5.06. The second-order valence-corrected chi connectivity index (χ2v) is 9.01. The van der Waals surface area contributed by atoms with Crippen molar-refractivity contribution in [2.24, 2.45) is 0 Å². The monoisotopic (exact) mass is 495 g/mol. The molecule has 0 amide bonds. The lowest BCUT2D eigenvalue weighted by molar-refractivity contribution is -0.137. The number of hydrogen-bond donors (Lipinski definition) is 0. The van der Waals surface area contributed by atoms with Gasteiger partial charge in [0, 0.05) is 16.5 Å². The average molecular weight is 496 g/mol. The van der Waals surface area contributed by atoms with E-state index in [0.717, 1.165) is 35.9 Å². The Kier molecular flexibility index (Phi) is 6.02. The maximum absolute atomic E-state index is 13.3. The smallest absolute Gasteiger partial charge is 0.298 e. The minimum atomic E-state index is -4.47. The summed E-state index contributed by atoms with van der Waals surface area (Å²) in [6.07, 6.45) is -1.41. The van der Waals surface area contributed by atoms with E-state index in [2.05, 4.69) is 26.1 Å². The summed E-state index contributed by atoms with van der Waals surface area (Å²) in [5, 5.41) is 8.67. The van der Waals surface area contributed by atoms with Gasteiger partial charge in [0.25, 0.3) is 0 Å². The van der Waals surface area contributed by atoms with Crippen LogP contribution in [0, 0.1) is 0 Å². The van der Waals surface area contributed by atoms with Crippen molar-refractivity contribution in [1.29, 1.82) is 0 Å². The van der Waals surface area contributed by atoms with Gasteiger partial charge in [-0.3, -0.25) is 9.36 Å². The zero-order valence-electron chi connectivity index (χ0n) is 15.7. The van der Waals surface area contributed by atoms with Crippen LogP contribution >= 0.6 is 27.7 Å². The third kappa shape index (κ3) is 4.32. The molecule has 1 aromatic heterocycles. The fourth-order valence-electron chi connectivity index (χ4n) is 3.42. The van der Waals surface area contributed by atoms with Crippen molar-refractivity contribution in [2.75, 3.05) is 0 Å². The number of alkyl halides is 3. The van der Waals surface area contributed by atoms with E-state index in [4.69, 9.17) is 0 Å². The number of hydrogen-bond acceptors (Lipinski definition) is 4. The molecule has 2 aromatic carbocycles. The summed E-state index contributed by atoms with van der Waals surface area (Å²) in [4.78, 5) is 12.3. The molecule has 1 saturated carbocycles. The minimum absolute atomic E-state index is 0.146. The number of thioether (sulfide) groups is 1. The first-order valence-electron chi connectivity index (χ1n) is 9.42. The Morgan fingerprint density at radius 1 is 1.07 bits per heavy atom. The minimum Gasteiger partial charge on any atom is -0.298 e. The van der Waals surface area contributed by atoms with Crippen molar-refractivity contribution < 1.29 is 18.0 Å². The van der Waals surface area contributed by atoms with Gasteiger partial charge in [0.2, 0.25) is 0 Å². The van der Waals surface area contributed by atoms with Gasteiger partial charge in [0.15, 0.2) is 11.0 Å². The van der Waals surface area contributed by atoms with E-state index < -0.39 is 11.7 Å². The summed E-state index contributed by atoms with van der Waals surface area (Å²) in [5.74, 6) is 0.555. The molecule has 1 aliphatic carbocycles. The highest BCUT2D eigenvalue weighted by Gasteiger charge is 2.32. The molecule has 1 atom stereocenters. The van der Waals surface area contributed by atoms with Crippen LogP contribution in [0.2, 0.25) is 0 Å². The number of halogens is 4. The number of rotatable bonds is 4. The van der Waals surface area contributed by atoms with Gasteiger partial charge in [-0.1, -0.05) is 58.4 Å². The van der Waals surface area contributed by atoms with Crippen LogP contribution in [0.3, 0.4) is 0 Å². The fraction of sp³-hybridized carbons (Fsp3) is 0.286. The second-order valence-electron chi connectivity index (χ2n) is 6.99. The Hall–Kier alpha value is -2.13. The topological polar surface area (TPSA) is 47.8 Å². The van der Waals surface area contributed by atoms with E-state index >= 15 is 0 Å². The van der Waals surface area contributed by atoms with Crippen LogP contribution in [0.1, 0.15) is 31.2 Å². The van der Waals surface area contributed by atoms with E-state index in [1.54, 1.807) is 10.6 Å². The van der Waals surface area contributed by atoms with Crippen molar-refractivity contribution in [3.05, 3.63) is 58.6 Å². The van der Waals surface area contributed by atoms with E-state index in [1.165, 1.54) is 17.8 Å². The van der Waals surface area contributed by atoms with E-state index in [9.17, 15) is 18.0 Å². The van der Waals surface area contributed by atoms with Crippen molar-refractivity contribution in [3.8, 4) is 17.1 Å². The number of benzene rings is 2. The highest BCUT2D eigenvalue weighted by Crippen LogP contribution is 2.37. The first-order chi connectivity index (χ1) is 14.3. The molecule has 1 fully saturated rings. The normalized spacial score (nSPS) is 17.3. The molecule has 3 aromatic rings. The molecule has 30 heavy (non-hydrogen) atoms. The van der Waals surface area contributed by atoms with Crippen LogP contribution in [0.15, 0.2) is 58.2 Å². The van der Waals surface area contributed by atoms with Gasteiger partial charge in [-0.15, -0.1) is 10.2 Å². The maximum Gasteiger partial charge on any atom is 0.416 e. The predicted molar refractivity (Wildman–Crippen MR) is 113 cm³/mol. The molecule has 156 valence electrons. The Bertz CT molecular complexity index is 1080. The average Bonchev–Trinajstić information content (AvgIpc) is 3.13. The summed E-state index contributed by atoms with van der Waals surface area (Å²) >= 11 is 4.75. The zero-order valence-corrected chi connectivity index (χ0v) is 18.1. The Morgan fingerprint density at radius 3 is 2.60 bits per heavy atom. The Labute approximate surface area is 184 Å². The molecule has 0 bridgehead atoms. The molecule has 9 heteroatoms. The van der Waals surface area contributed by atoms with Gasteiger partial charge in [0.05, 0.1) is 16.5 Å². The lowest BCUT2D eigenvalue weighted by Crippen LogP contribution is -2.21. The molecule has 0 N–H and O–H groups in total. The molecule has 0 spiro atoms.